The molecule has 2 aromatic rings. The van der Waals surface area contributed by atoms with Gasteiger partial charge in [0, 0.05) is 19.6 Å². The molecule has 1 saturated heterocycles. The Morgan fingerprint density at radius 3 is 2.23 bits per heavy atom. The van der Waals surface area contributed by atoms with E-state index in [0.29, 0.717) is 36.8 Å². The Morgan fingerprint density at radius 1 is 0.903 bits per heavy atom. The molecule has 2 aromatic carbocycles. The van der Waals surface area contributed by atoms with Gasteiger partial charge in [0.25, 0.3) is 11.8 Å². The molecule has 2 heterocycles. The van der Waals surface area contributed by atoms with Crippen LogP contribution < -0.4 is 4.74 Å². The van der Waals surface area contributed by atoms with Gasteiger partial charge in [-0.05, 0) is 48.4 Å². The number of rotatable bonds is 8. The third-order valence-corrected chi connectivity index (χ3v) is 5.76. The molecule has 5 nitrogen and oxygen atoms in total. The maximum absolute atomic E-state index is 13.4. The molecule has 5 heteroatoms. The first-order chi connectivity index (χ1) is 15.0. The summed E-state index contributed by atoms with van der Waals surface area (Å²) in [6.45, 7) is 6.88. The number of benzene rings is 2. The normalized spacial score (nSPS) is 16.7. The van der Waals surface area contributed by atoms with E-state index in [4.69, 9.17) is 4.74 Å². The van der Waals surface area contributed by atoms with E-state index >= 15 is 0 Å². The van der Waals surface area contributed by atoms with Gasteiger partial charge in [0.1, 0.15) is 11.4 Å². The molecule has 162 valence electrons. The zero-order valence-corrected chi connectivity index (χ0v) is 18.3. The summed E-state index contributed by atoms with van der Waals surface area (Å²) < 4.78 is 5.78. The van der Waals surface area contributed by atoms with E-state index in [9.17, 15) is 9.59 Å². The fourth-order valence-corrected chi connectivity index (χ4v) is 4.13. The molecular weight excluding hydrogens is 388 g/mol. The van der Waals surface area contributed by atoms with Crippen LogP contribution in [0.15, 0.2) is 60.3 Å². The predicted octanol–water partition coefficient (Wildman–Crippen LogP) is 4.14. The number of ether oxygens (including phenoxy) is 1. The summed E-state index contributed by atoms with van der Waals surface area (Å²) in [5.74, 6) is 0.853. The van der Waals surface area contributed by atoms with Crippen LogP contribution in [0.1, 0.15) is 37.8 Å². The molecule has 0 saturated carbocycles. The van der Waals surface area contributed by atoms with Crippen molar-refractivity contribution in [2.75, 3.05) is 26.2 Å². The monoisotopic (exact) mass is 418 g/mol. The second-order valence-electron chi connectivity index (χ2n) is 8.64. The van der Waals surface area contributed by atoms with Crippen molar-refractivity contribution < 1.29 is 14.3 Å². The highest BCUT2D eigenvalue weighted by Crippen LogP contribution is 2.34. The van der Waals surface area contributed by atoms with Crippen LogP contribution in [0.4, 0.5) is 0 Å². The van der Waals surface area contributed by atoms with Gasteiger partial charge in [0.15, 0.2) is 0 Å². The second-order valence-corrected chi connectivity index (χ2v) is 8.64. The molecule has 4 rings (SSSR count). The highest BCUT2D eigenvalue weighted by atomic mass is 16.5. The summed E-state index contributed by atoms with van der Waals surface area (Å²) in [5.41, 5.74) is 2.98. The Bertz CT molecular complexity index is 958. The van der Waals surface area contributed by atoms with E-state index in [1.807, 2.05) is 54.6 Å². The van der Waals surface area contributed by atoms with Gasteiger partial charge in [-0.15, -0.1) is 0 Å². The lowest BCUT2D eigenvalue weighted by Gasteiger charge is -2.20. The number of hydrogen-bond acceptors (Lipinski definition) is 4. The van der Waals surface area contributed by atoms with Gasteiger partial charge in [-0.2, -0.15) is 0 Å². The van der Waals surface area contributed by atoms with Crippen molar-refractivity contribution in [3.05, 3.63) is 71.4 Å². The molecule has 0 N–H and O–H groups in total. The molecule has 0 aromatic heterocycles. The van der Waals surface area contributed by atoms with E-state index in [0.717, 1.165) is 42.8 Å². The molecule has 0 aliphatic carbocycles. The molecule has 1 fully saturated rings. The second kappa shape index (κ2) is 9.38. The van der Waals surface area contributed by atoms with Crippen LogP contribution in [0.3, 0.4) is 0 Å². The molecule has 0 bridgehead atoms. The minimum absolute atomic E-state index is 0.169. The fraction of sp³-hybridized carbons (Fsp3) is 0.385. The molecule has 0 radical (unpaired) electrons. The van der Waals surface area contributed by atoms with Gasteiger partial charge in [-0.3, -0.25) is 14.5 Å². The van der Waals surface area contributed by atoms with Gasteiger partial charge < -0.3 is 9.64 Å². The summed E-state index contributed by atoms with van der Waals surface area (Å²) in [5, 5.41) is 0. The van der Waals surface area contributed by atoms with Crippen molar-refractivity contribution in [3.8, 4) is 5.75 Å². The summed E-state index contributed by atoms with van der Waals surface area (Å²) in [6.07, 6.45) is 2.75. The summed E-state index contributed by atoms with van der Waals surface area (Å²) >= 11 is 0. The molecule has 2 amide bonds. The first kappa shape index (κ1) is 21.2. The average Bonchev–Trinajstić information content (AvgIpc) is 3.38. The lowest BCUT2D eigenvalue weighted by Crippen LogP contribution is -2.36. The summed E-state index contributed by atoms with van der Waals surface area (Å²) in [4.78, 5) is 30.2. The third-order valence-electron chi connectivity index (χ3n) is 5.76. The van der Waals surface area contributed by atoms with Crippen LogP contribution in [-0.2, 0) is 16.0 Å². The van der Waals surface area contributed by atoms with Crippen molar-refractivity contribution >= 4 is 17.4 Å². The number of carbonyl (C=O) groups excluding carboxylic acids is 2. The number of likely N-dealkylation sites (tertiary alicyclic amines) is 1. The largest absolute Gasteiger partial charge is 0.493 e. The van der Waals surface area contributed by atoms with Crippen LogP contribution in [-0.4, -0.2) is 47.9 Å². The smallest absolute Gasteiger partial charge is 0.277 e. The number of carbonyl (C=O) groups is 2. The Hall–Kier alpha value is -3.08. The Labute approximate surface area is 184 Å². The molecule has 0 spiro atoms. The van der Waals surface area contributed by atoms with Crippen LogP contribution in [0.5, 0.6) is 5.75 Å². The fourth-order valence-electron chi connectivity index (χ4n) is 4.13. The molecule has 31 heavy (non-hydrogen) atoms. The lowest BCUT2D eigenvalue weighted by atomic mass is 10.0. The summed E-state index contributed by atoms with van der Waals surface area (Å²) in [7, 11) is 0. The molecule has 2 aliphatic heterocycles. The summed E-state index contributed by atoms with van der Waals surface area (Å²) in [6, 6.07) is 17.5. The van der Waals surface area contributed by atoms with Gasteiger partial charge in [0.05, 0.1) is 12.2 Å². The maximum atomic E-state index is 13.4. The van der Waals surface area contributed by atoms with Crippen molar-refractivity contribution in [1.29, 1.82) is 0 Å². The highest BCUT2D eigenvalue weighted by molar-refractivity contribution is 6.35. The van der Waals surface area contributed by atoms with Crippen LogP contribution in [0.2, 0.25) is 0 Å². The standard InChI is InChI=1S/C26H30N2O3/c1-19(2)18-31-22-12-10-21(11-13-22)23-24(27-15-6-7-16-27)26(30)28(25(23)29)17-14-20-8-4-3-5-9-20/h3-5,8-13,19H,6-7,14-18H2,1-2H3. The zero-order valence-electron chi connectivity index (χ0n) is 18.3. The topological polar surface area (TPSA) is 49.9 Å². The molecule has 0 atom stereocenters. The van der Waals surface area contributed by atoms with E-state index < -0.39 is 0 Å². The number of imide groups is 1. The van der Waals surface area contributed by atoms with Gasteiger partial charge in [0.2, 0.25) is 0 Å². The van der Waals surface area contributed by atoms with Crippen molar-refractivity contribution in [1.82, 2.24) is 9.80 Å². The van der Waals surface area contributed by atoms with Gasteiger partial charge in [-0.25, -0.2) is 0 Å². The number of hydrogen-bond donors (Lipinski definition) is 0. The van der Waals surface area contributed by atoms with Crippen molar-refractivity contribution in [3.63, 3.8) is 0 Å². The Morgan fingerprint density at radius 2 is 1.58 bits per heavy atom. The van der Waals surface area contributed by atoms with Crippen LogP contribution >= 0.6 is 0 Å². The number of nitrogens with zero attached hydrogens (tertiary/aromatic N) is 2. The first-order valence-corrected chi connectivity index (χ1v) is 11.2. The van der Waals surface area contributed by atoms with Gasteiger partial charge >= 0.3 is 0 Å². The van der Waals surface area contributed by atoms with E-state index in [1.165, 1.54) is 4.90 Å². The highest BCUT2D eigenvalue weighted by Gasteiger charge is 2.41. The first-order valence-electron chi connectivity index (χ1n) is 11.2. The van der Waals surface area contributed by atoms with Crippen molar-refractivity contribution in [2.24, 2.45) is 5.92 Å². The molecule has 2 aliphatic rings. The maximum Gasteiger partial charge on any atom is 0.277 e. The molecule has 0 unspecified atom stereocenters. The van der Waals surface area contributed by atoms with Crippen LogP contribution in [0, 0.1) is 5.92 Å². The quantitative estimate of drug-likeness (QED) is 0.605. The lowest BCUT2D eigenvalue weighted by molar-refractivity contribution is -0.137. The zero-order chi connectivity index (χ0) is 21.8. The molecular formula is C26H30N2O3. The van der Waals surface area contributed by atoms with E-state index in [1.54, 1.807) is 0 Å². The average molecular weight is 419 g/mol. The predicted molar refractivity (Wildman–Crippen MR) is 121 cm³/mol. The van der Waals surface area contributed by atoms with E-state index in [-0.39, 0.29) is 11.8 Å². The third kappa shape index (κ3) is 4.66. The van der Waals surface area contributed by atoms with Gasteiger partial charge in [-0.1, -0.05) is 56.3 Å². The van der Waals surface area contributed by atoms with E-state index in [2.05, 4.69) is 18.7 Å². The Balaban J connectivity index is 1.59. The van der Waals surface area contributed by atoms with Crippen LogP contribution in [0.25, 0.3) is 5.57 Å². The number of amides is 2. The SMILES string of the molecule is CC(C)COc1ccc(C2=C(N3CCCC3)C(=O)N(CCc3ccccc3)C2=O)cc1. The Kier molecular flexibility index (Phi) is 6.40. The van der Waals surface area contributed by atoms with Crippen molar-refractivity contribution in [2.45, 2.75) is 33.1 Å². The minimum Gasteiger partial charge on any atom is -0.493 e. The minimum atomic E-state index is -0.196.